The third-order valence-corrected chi connectivity index (χ3v) is 3.47. The van der Waals surface area contributed by atoms with E-state index >= 15 is 0 Å². The van der Waals surface area contributed by atoms with Crippen LogP contribution in [0.25, 0.3) is 0 Å². The summed E-state index contributed by atoms with van der Waals surface area (Å²) in [7, 11) is 2.00. The first-order valence-electron chi connectivity index (χ1n) is 6.19. The van der Waals surface area contributed by atoms with E-state index in [2.05, 4.69) is 18.7 Å². The molecule has 0 aromatic heterocycles. The van der Waals surface area contributed by atoms with Gasteiger partial charge < -0.3 is 9.80 Å². The van der Waals surface area contributed by atoms with E-state index in [9.17, 15) is 4.79 Å². The smallest absolute Gasteiger partial charge is 0.245 e. The molecule has 3 heteroatoms. The molecule has 17 heavy (non-hydrogen) atoms. The van der Waals surface area contributed by atoms with Crippen molar-refractivity contribution in [1.29, 1.82) is 0 Å². The lowest BCUT2D eigenvalue weighted by Gasteiger charge is -2.27. The van der Waals surface area contributed by atoms with Gasteiger partial charge in [-0.1, -0.05) is 18.2 Å². The van der Waals surface area contributed by atoms with Crippen molar-refractivity contribution in [2.75, 3.05) is 18.5 Å². The maximum Gasteiger partial charge on any atom is 0.245 e. The first-order valence-corrected chi connectivity index (χ1v) is 6.19. The van der Waals surface area contributed by atoms with E-state index in [1.807, 2.05) is 42.3 Å². The molecule has 0 saturated carbocycles. The molecule has 0 spiro atoms. The van der Waals surface area contributed by atoms with Gasteiger partial charge in [0.2, 0.25) is 5.91 Å². The quantitative estimate of drug-likeness (QED) is 0.797. The van der Waals surface area contributed by atoms with E-state index in [0.717, 1.165) is 18.7 Å². The molecule has 92 valence electrons. The Labute approximate surface area is 103 Å². The topological polar surface area (TPSA) is 23.6 Å². The van der Waals surface area contributed by atoms with Gasteiger partial charge >= 0.3 is 0 Å². The van der Waals surface area contributed by atoms with Crippen LogP contribution in [0.5, 0.6) is 0 Å². The zero-order valence-corrected chi connectivity index (χ0v) is 10.8. The zero-order chi connectivity index (χ0) is 12.4. The summed E-state index contributed by atoms with van der Waals surface area (Å²) in [5.41, 5.74) is 1.11. The largest absolute Gasteiger partial charge is 0.363 e. The second-order valence-corrected chi connectivity index (χ2v) is 4.88. The first-order chi connectivity index (χ1) is 8.11. The molecular formula is C14H20N2O. The normalized spacial score (nSPS) is 20.1. The molecule has 1 aromatic carbocycles. The highest BCUT2D eigenvalue weighted by atomic mass is 16.2. The average molecular weight is 232 g/mol. The molecule has 0 aliphatic carbocycles. The number of anilines is 1. The predicted molar refractivity (Wildman–Crippen MR) is 70.1 cm³/mol. The van der Waals surface area contributed by atoms with Crippen LogP contribution in [0.1, 0.15) is 20.3 Å². The van der Waals surface area contributed by atoms with Crippen LogP contribution >= 0.6 is 0 Å². The van der Waals surface area contributed by atoms with Crippen molar-refractivity contribution in [3.8, 4) is 0 Å². The summed E-state index contributed by atoms with van der Waals surface area (Å²) in [6.45, 7) is 5.02. The minimum absolute atomic E-state index is 0.000185. The number of nitrogens with zero attached hydrogens (tertiary/aromatic N) is 2. The van der Waals surface area contributed by atoms with Crippen LogP contribution in [0, 0.1) is 0 Å². The lowest BCUT2D eigenvalue weighted by Crippen LogP contribution is -2.41. The Morgan fingerprint density at radius 2 is 1.94 bits per heavy atom. The van der Waals surface area contributed by atoms with E-state index < -0.39 is 0 Å². The summed E-state index contributed by atoms with van der Waals surface area (Å²) in [6.07, 6.45) is 0.919. The van der Waals surface area contributed by atoms with Crippen molar-refractivity contribution in [2.45, 2.75) is 32.4 Å². The summed E-state index contributed by atoms with van der Waals surface area (Å²) in [5.74, 6) is 0.256. The third kappa shape index (κ3) is 2.28. The number of para-hydroxylation sites is 1. The number of carbonyl (C=O) groups excluding carboxylic acids is 1. The summed E-state index contributed by atoms with van der Waals surface area (Å²) in [5, 5.41) is 0. The SMILES string of the molecule is CC(C)N1CCC(N(C)c2ccccc2)C1=O. The van der Waals surface area contributed by atoms with E-state index in [1.165, 1.54) is 0 Å². The molecule has 0 radical (unpaired) electrons. The molecule has 1 saturated heterocycles. The molecule has 1 aromatic rings. The molecule has 0 N–H and O–H groups in total. The van der Waals surface area contributed by atoms with Crippen LogP contribution < -0.4 is 4.90 Å². The molecular weight excluding hydrogens is 212 g/mol. The number of hydrogen-bond donors (Lipinski definition) is 0. The molecule has 1 fully saturated rings. The molecule has 0 bridgehead atoms. The van der Waals surface area contributed by atoms with Gasteiger partial charge in [0, 0.05) is 25.3 Å². The minimum Gasteiger partial charge on any atom is -0.363 e. The molecule has 3 nitrogen and oxygen atoms in total. The molecule has 2 rings (SSSR count). The van der Waals surface area contributed by atoms with Gasteiger partial charge in [0.05, 0.1) is 0 Å². The van der Waals surface area contributed by atoms with Gasteiger partial charge in [-0.15, -0.1) is 0 Å². The minimum atomic E-state index is -0.000185. The van der Waals surface area contributed by atoms with E-state index in [1.54, 1.807) is 0 Å². The van der Waals surface area contributed by atoms with Gasteiger partial charge in [0.25, 0.3) is 0 Å². The fourth-order valence-corrected chi connectivity index (χ4v) is 2.40. The Hall–Kier alpha value is -1.51. The van der Waals surface area contributed by atoms with Crippen molar-refractivity contribution in [2.24, 2.45) is 0 Å². The van der Waals surface area contributed by atoms with Crippen molar-refractivity contribution in [3.05, 3.63) is 30.3 Å². The van der Waals surface area contributed by atoms with Crippen molar-refractivity contribution >= 4 is 11.6 Å². The van der Waals surface area contributed by atoms with E-state index in [4.69, 9.17) is 0 Å². The first kappa shape index (κ1) is 12.0. The number of carbonyl (C=O) groups is 1. The Morgan fingerprint density at radius 1 is 1.29 bits per heavy atom. The second-order valence-electron chi connectivity index (χ2n) is 4.88. The third-order valence-electron chi connectivity index (χ3n) is 3.47. The number of likely N-dealkylation sites (tertiary alicyclic amines) is 1. The predicted octanol–water partition coefficient (Wildman–Crippen LogP) is 2.13. The lowest BCUT2D eigenvalue weighted by atomic mass is 10.2. The molecule has 1 heterocycles. The Balaban J connectivity index is 2.12. The second kappa shape index (κ2) is 4.78. The monoisotopic (exact) mass is 232 g/mol. The summed E-state index contributed by atoms with van der Waals surface area (Å²) in [6, 6.07) is 10.4. The lowest BCUT2D eigenvalue weighted by molar-refractivity contribution is -0.130. The van der Waals surface area contributed by atoms with Gasteiger partial charge in [0.1, 0.15) is 6.04 Å². The highest BCUT2D eigenvalue weighted by Crippen LogP contribution is 2.23. The van der Waals surface area contributed by atoms with Gasteiger partial charge in [-0.05, 0) is 32.4 Å². The number of hydrogen-bond acceptors (Lipinski definition) is 2. The number of rotatable bonds is 3. The maximum atomic E-state index is 12.2. The summed E-state index contributed by atoms with van der Waals surface area (Å²) < 4.78 is 0. The molecule has 1 atom stereocenters. The average Bonchev–Trinajstić information content (AvgIpc) is 2.71. The number of benzene rings is 1. The Morgan fingerprint density at radius 3 is 2.47 bits per heavy atom. The summed E-state index contributed by atoms with van der Waals surface area (Å²) >= 11 is 0. The van der Waals surface area contributed by atoms with Crippen LogP contribution in [0.2, 0.25) is 0 Å². The highest BCUT2D eigenvalue weighted by molar-refractivity contribution is 5.87. The fraction of sp³-hybridized carbons (Fsp3) is 0.500. The molecule has 1 unspecified atom stereocenters. The van der Waals surface area contributed by atoms with Gasteiger partial charge in [-0.3, -0.25) is 4.79 Å². The molecule has 1 aliphatic heterocycles. The number of likely N-dealkylation sites (N-methyl/N-ethyl adjacent to an activating group) is 1. The van der Waals surface area contributed by atoms with Gasteiger partial charge in [0.15, 0.2) is 0 Å². The van der Waals surface area contributed by atoms with Crippen LogP contribution in [0.4, 0.5) is 5.69 Å². The van der Waals surface area contributed by atoms with Crippen LogP contribution in [-0.4, -0.2) is 36.5 Å². The van der Waals surface area contributed by atoms with Crippen LogP contribution in [0.15, 0.2) is 30.3 Å². The van der Waals surface area contributed by atoms with Crippen molar-refractivity contribution < 1.29 is 4.79 Å². The van der Waals surface area contributed by atoms with Crippen molar-refractivity contribution in [1.82, 2.24) is 4.90 Å². The fourth-order valence-electron chi connectivity index (χ4n) is 2.40. The Kier molecular flexibility index (Phi) is 3.36. The standard InChI is InChI=1S/C14H20N2O/c1-11(2)16-10-9-13(14(16)17)15(3)12-7-5-4-6-8-12/h4-8,11,13H,9-10H2,1-3H3. The maximum absolute atomic E-state index is 12.2. The van der Waals surface area contributed by atoms with Crippen LogP contribution in [-0.2, 0) is 4.79 Å². The molecule has 1 aliphatic rings. The Bertz CT molecular complexity index is 388. The zero-order valence-electron chi connectivity index (χ0n) is 10.8. The van der Waals surface area contributed by atoms with Gasteiger partial charge in [-0.25, -0.2) is 0 Å². The molecule has 1 amide bonds. The van der Waals surface area contributed by atoms with E-state index in [0.29, 0.717) is 6.04 Å². The highest BCUT2D eigenvalue weighted by Gasteiger charge is 2.35. The van der Waals surface area contributed by atoms with Crippen molar-refractivity contribution in [3.63, 3.8) is 0 Å². The van der Waals surface area contributed by atoms with Crippen LogP contribution in [0.3, 0.4) is 0 Å². The summed E-state index contributed by atoms with van der Waals surface area (Å²) in [4.78, 5) is 16.3. The van der Waals surface area contributed by atoms with E-state index in [-0.39, 0.29) is 11.9 Å². The van der Waals surface area contributed by atoms with Gasteiger partial charge in [-0.2, -0.15) is 0 Å². The number of amides is 1.